The summed E-state index contributed by atoms with van der Waals surface area (Å²) >= 11 is 6.87. The summed E-state index contributed by atoms with van der Waals surface area (Å²) in [6.07, 6.45) is 11.6. The molecule has 0 heterocycles. The van der Waals surface area contributed by atoms with Crippen molar-refractivity contribution in [2.24, 2.45) is 5.73 Å². The van der Waals surface area contributed by atoms with Crippen LogP contribution in [0.5, 0.6) is 0 Å². The van der Waals surface area contributed by atoms with Crippen LogP contribution in [0.4, 0.5) is 0 Å². The molecule has 0 saturated heterocycles. The molecule has 0 aliphatic heterocycles. The van der Waals surface area contributed by atoms with Crippen LogP contribution in [-0.2, 0) is 38.9 Å². The fraction of sp³-hybridized carbons (Fsp3) is 0.524. The van der Waals surface area contributed by atoms with Crippen LogP contribution in [0.15, 0.2) is 78.9 Å². The van der Waals surface area contributed by atoms with E-state index in [1.165, 1.54) is 56.9 Å². The Labute approximate surface area is 314 Å². The number of hydrogen-bond acceptors (Lipinski definition) is 8. The topological polar surface area (TPSA) is 118 Å². The maximum Gasteiger partial charge on any atom is 0.333 e. The quantitative estimate of drug-likeness (QED) is 0.0627. The molecule has 10 heteroatoms. The molecule has 52 heavy (non-hydrogen) atoms. The molecule has 0 spiro atoms. The zero-order valence-corrected chi connectivity index (χ0v) is 31.3. The second kappa shape index (κ2) is 24.1. The molecule has 3 aromatic rings. The zero-order valence-electron chi connectivity index (χ0n) is 30.5. The number of carbonyl (C=O) groups excluding carboxylic acids is 2. The third-order valence-electron chi connectivity index (χ3n) is 9.32. The highest BCUT2D eigenvalue weighted by Gasteiger charge is 2.42. The molecule has 1 unspecified atom stereocenters. The van der Waals surface area contributed by atoms with Gasteiger partial charge in [0.25, 0.3) is 0 Å². The van der Waals surface area contributed by atoms with E-state index in [9.17, 15) is 9.59 Å². The minimum absolute atomic E-state index is 0.280. The Balaban J connectivity index is 1.33. The highest BCUT2D eigenvalue weighted by Crippen LogP contribution is 2.44. The van der Waals surface area contributed by atoms with Gasteiger partial charge in [-0.2, -0.15) is 0 Å². The number of rotatable bonds is 22. The minimum Gasteiger partial charge on any atom is -0.442 e. The van der Waals surface area contributed by atoms with E-state index >= 15 is 0 Å². The van der Waals surface area contributed by atoms with Crippen molar-refractivity contribution in [3.8, 4) is 0 Å². The summed E-state index contributed by atoms with van der Waals surface area (Å²) in [4.78, 5) is 26.1. The van der Waals surface area contributed by atoms with Crippen LogP contribution >= 0.6 is 11.6 Å². The number of carbonyl (C=O) groups is 2. The van der Waals surface area contributed by atoms with Gasteiger partial charge in [0, 0.05) is 41.5 Å². The molecule has 1 fully saturated rings. The Kier molecular flexibility index (Phi) is 19.2. The van der Waals surface area contributed by atoms with Crippen LogP contribution in [-0.4, -0.2) is 77.8 Å². The fourth-order valence-corrected chi connectivity index (χ4v) is 6.90. The lowest BCUT2D eigenvalue weighted by molar-refractivity contribution is -0.159. The molecule has 1 aliphatic carbocycles. The van der Waals surface area contributed by atoms with E-state index in [1.807, 2.05) is 48.5 Å². The lowest BCUT2D eigenvalue weighted by atomic mass is 9.79. The number of benzene rings is 3. The Morgan fingerprint density at radius 2 is 1.25 bits per heavy atom. The van der Waals surface area contributed by atoms with Crippen molar-refractivity contribution in [2.75, 3.05) is 65.9 Å². The van der Waals surface area contributed by atoms with Crippen LogP contribution in [0.3, 0.4) is 0 Å². The smallest absolute Gasteiger partial charge is 0.333 e. The van der Waals surface area contributed by atoms with E-state index in [4.69, 9.17) is 41.0 Å². The van der Waals surface area contributed by atoms with Gasteiger partial charge in [0.1, 0.15) is 13.2 Å². The van der Waals surface area contributed by atoms with E-state index in [0.717, 1.165) is 17.5 Å². The number of amides is 1. The molecular weight excluding hydrogens is 680 g/mol. The summed E-state index contributed by atoms with van der Waals surface area (Å²) < 4.78 is 28.4. The van der Waals surface area contributed by atoms with Crippen LogP contribution in [0, 0.1) is 0 Å². The van der Waals surface area contributed by atoms with E-state index in [-0.39, 0.29) is 12.5 Å². The van der Waals surface area contributed by atoms with E-state index in [1.54, 1.807) is 6.07 Å². The van der Waals surface area contributed by atoms with Crippen molar-refractivity contribution >= 4 is 23.5 Å². The molecule has 1 amide bonds. The van der Waals surface area contributed by atoms with E-state index in [2.05, 4.69) is 29.6 Å². The summed E-state index contributed by atoms with van der Waals surface area (Å²) in [5.41, 5.74) is 7.58. The normalized spacial score (nSPS) is 15.2. The van der Waals surface area contributed by atoms with Crippen LogP contribution < -0.4 is 11.1 Å². The van der Waals surface area contributed by atoms with Gasteiger partial charge in [0.05, 0.1) is 26.4 Å². The van der Waals surface area contributed by atoms with Gasteiger partial charge in [-0.25, -0.2) is 4.79 Å². The van der Waals surface area contributed by atoms with Gasteiger partial charge in [-0.1, -0.05) is 123 Å². The molecule has 4 rings (SSSR count). The first-order valence-corrected chi connectivity index (χ1v) is 19.3. The fourth-order valence-electron chi connectivity index (χ4n) is 6.63. The maximum atomic E-state index is 13.6. The second-order valence-electron chi connectivity index (χ2n) is 13.2. The first-order chi connectivity index (χ1) is 25.5. The highest BCUT2D eigenvalue weighted by atomic mass is 35.5. The standard InChI is InChI=1S/C42H57ClN2O7/c43-39-19-11-10-18-38(39)42(36-16-8-5-9-17-36,37-22-20-35(21-23-37)34-14-6-3-1-2-4-7-15-34)52-41(47)33-51-32-40(46)45-25-13-27-49-29-31-50-30-28-48-26-12-24-44/h5,8-11,16-23,34H,1-4,6-7,12-15,24-33,44H2,(H,45,46). The van der Waals surface area contributed by atoms with Gasteiger partial charge >= 0.3 is 5.97 Å². The molecule has 1 aliphatic rings. The summed E-state index contributed by atoms with van der Waals surface area (Å²) in [6, 6.07) is 25.6. The molecule has 0 aromatic heterocycles. The molecule has 0 bridgehead atoms. The summed E-state index contributed by atoms with van der Waals surface area (Å²) in [6.45, 7) is 3.46. The molecule has 3 aromatic carbocycles. The average Bonchev–Trinajstić information content (AvgIpc) is 3.31. The summed E-state index contributed by atoms with van der Waals surface area (Å²) in [5.74, 6) is -0.433. The van der Waals surface area contributed by atoms with Crippen LogP contribution in [0.25, 0.3) is 0 Å². The Morgan fingerprint density at radius 1 is 0.673 bits per heavy atom. The van der Waals surface area contributed by atoms with Gasteiger partial charge in [-0.3, -0.25) is 4.79 Å². The van der Waals surface area contributed by atoms with Crippen molar-refractivity contribution in [3.05, 3.63) is 106 Å². The molecule has 1 saturated carbocycles. The minimum atomic E-state index is -1.34. The lowest BCUT2D eigenvalue weighted by Crippen LogP contribution is -2.37. The number of ether oxygens (including phenoxy) is 5. The first kappa shape index (κ1) is 41.4. The van der Waals surface area contributed by atoms with Crippen LogP contribution in [0.1, 0.15) is 92.4 Å². The predicted octanol–water partition coefficient (Wildman–Crippen LogP) is 7.31. The molecule has 284 valence electrons. The highest BCUT2D eigenvalue weighted by molar-refractivity contribution is 6.31. The number of esters is 1. The van der Waals surface area contributed by atoms with E-state index in [0.29, 0.717) is 75.7 Å². The van der Waals surface area contributed by atoms with Crippen molar-refractivity contribution in [3.63, 3.8) is 0 Å². The molecule has 3 N–H and O–H groups in total. The van der Waals surface area contributed by atoms with Crippen molar-refractivity contribution in [1.82, 2.24) is 5.32 Å². The Hall–Kier alpha value is -3.31. The summed E-state index contributed by atoms with van der Waals surface area (Å²) in [5, 5.41) is 3.27. The predicted molar refractivity (Wildman–Crippen MR) is 205 cm³/mol. The average molecular weight is 737 g/mol. The molecule has 1 atom stereocenters. The third kappa shape index (κ3) is 13.6. The Bertz CT molecular complexity index is 1430. The molecule has 0 radical (unpaired) electrons. The largest absolute Gasteiger partial charge is 0.442 e. The molecular formula is C42H57ClN2O7. The number of halogens is 1. The van der Waals surface area contributed by atoms with Gasteiger partial charge in [0.15, 0.2) is 5.60 Å². The number of hydrogen-bond donors (Lipinski definition) is 2. The van der Waals surface area contributed by atoms with Gasteiger partial charge < -0.3 is 34.7 Å². The van der Waals surface area contributed by atoms with E-state index < -0.39 is 18.2 Å². The van der Waals surface area contributed by atoms with Gasteiger partial charge in [-0.15, -0.1) is 0 Å². The van der Waals surface area contributed by atoms with Crippen molar-refractivity contribution in [1.29, 1.82) is 0 Å². The zero-order chi connectivity index (χ0) is 36.7. The van der Waals surface area contributed by atoms with Gasteiger partial charge in [-0.05, 0) is 49.8 Å². The SMILES string of the molecule is NCCCOCCOCCOCCCNC(=O)COCC(=O)OC(c1ccccc1)(c1ccc(C2CCCCCCCC2)cc1)c1ccccc1Cl. The number of nitrogens with one attached hydrogen (secondary N) is 1. The lowest BCUT2D eigenvalue weighted by Gasteiger charge is -2.36. The number of nitrogens with two attached hydrogens (primary N) is 1. The van der Waals surface area contributed by atoms with Crippen LogP contribution in [0.2, 0.25) is 5.02 Å². The summed E-state index contributed by atoms with van der Waals surface area (Å²) in [7, 11) is 0. The Morgan fingerprint density at radius 3 is 1.90 bits per heavy atom. The first-order valence-electron chi connectivity index (χ1n) is 18.9. The third-order valence-corrected chi connectivity index (χ3v) is 9.65. The van der Waals surface area contributed by atoms with Crippen molar-refractivity contribution in [2.45, 2.75) is 75.7 Å². The van der Waals surface area contributed by atoms with Crippen molar-refractivity contribution < 1.29 is 33.3 Å². The molecule has 9 nitrogen and oxygen atoms in total. The van der Waals surface area contributed by atoms with Gasteiger partial charge in [0.2, 0.25) is 5.91 Å². The second-order valence-corrected chi connectivity index (χ2v) is 13.6. The maximum absolute atomic E-state index is 13.6. The monoisotopic (exact) mass is 736 g/mol.